The van der Waals surface area contributed by atoms with Crippen LogP contribution >= 0.6 is 23.2 Å². The number of hydrogen-bond acceptors (Lipinski definition) is 1. The molecule has 1 nitrogen and oxygen atoms in total. The third-order valence-corrected chi connectivity index (χ3v) is 2.55. The summed E-state index contributed by atoms with van der Waals surface area (Å²) >= 11 is 11.9. The van der Waals surface area contributed by atoms with E-state index in [1.165, 1.54) is 0 Å². The Labute approximate surface area is 93.3 Å². The molecule has 0 N–H and O–H groups in total. The van der Waals surface area contributed by atoms with Gasteiger partial charge < -0.3 is 0 Å². The smallest absolute Gasteiger partial charge is 0.146 e. The van der Waals surface area contributed by atoms with Crippen molar-refractivity contribution >= 4 is 35.6 Å². The second-order valence-corrected chi connectivity index (χ2v) is 3.64. The van der Waals surface area contributed by atoms with Gasteiger partial charge in [-0.05, 0) is 30.2 Å². The van der Waals surface area contributed by atoms with Crippen LogP contribution in [0, 0.1) is 0 Å². The van der Waals surface area contributed by atoms with Crippen molar-refractivity contribution < 1.29 is 4.79 Å². The predicted octanol–water partition coefficient (Wildman–Crippen LogP) is 3.99. The summed E-state index contributed by atoms with van der Waals surface area (Å²) in [6, 6.07) is 5.27. The number of benzene rings is 1. The van der Waals surface area contributed by atoms with Crippen LogP contribution in [-0.4, -0.2) is 6.29 Å². The van der Waals surface area contributed by atoms with Crippen molar-refractivity contribution in [3.05, 3.63) is 39.4 Å². The van der Waals surface area contributed by atoms with E-state index in [0.29, 0.717) is 27.6 Å². The molecule has 0 fully saturated rings. The van der Waals surface area contributed by atoms with Gasteiger partial charge in [-0.3, -0.25) is 4.79 Å². The third kappa shape index (κ3) is 2.60. The summed E-state index contributed by atoms with van der Waals surface area (Å²) in [5.74, 6) is 0. The van der Waals surface area contributed by atoms with Crippen LogP contribution in [0.2, 0.25) is 10.0 Å². The molecule has 0 amide bonds. The van der Waals surface area contributed by atoms with E-state index in [9.17, 15) is 4.79 Å². The van der Waals surface area contributed by atoms with E-state index in [1.807, 2.05) is 6.92 Å². The summed E-state index contributed by atoms with van der Waals surface area (Å²) in [5.41, 5.74) is 1.39. The Morgan fingerprint density at radius 1 is 1.36 bits per heavy atom. The van der Waals surface area contributed by atoms with E-state index in [4.69, 9.17) is 23.2 Å². The van der Waals surface area contributed by atoms with Gasteiger partial charge in [0, 0.05) is 15.6 Å². The maximum Gasteiger partial charge on any atom is 0.146 e. The van der Waals surface area contributed by atoms with Gasteiger partial charge in [0.25, 0.3) is 0 Å². The highest BCUT2D eigenvalue weighted by atomic mass is 35.5. The summed E-state index contributed by atoms with van der Waals surface area (Å²) < 4.78 is 0. The lowest BCUT2D eigenvalue weighted by atomic mass is 10.1. The van der Waals surface area contributed by atoms with E-state index in [0.717, 1.165) is 6.29 Å². The second-order valence-electron chi connectivity index (χ2n) is 2.83. The fraction of sp³-hybridized carbons (Fsp3) is 0.182. The molecular formula is C11H10Cl2O. The van der Waals surface area contributed by atoms with Crippen molar-refractivity contribution in [3.8, 4) is 0 Å². The maximum absolute atomic E-state index is 10.6. The quantitative estimate of drug-likeness (QED) is 0.565. The summed E-state index contributed by atoms with van der Waals surface area (Å²) in [6.07, 6.45) is 3.21. The Hall–Kier alpha value is -0.790. The molecule has 0 aromatic heterocycles. The minimum atomic E-state index is 0.560. The fourth-order valence-corrected chi connectivity index (χ4v) is 1.56. The number of hydrogen-bond donors (Lipinski definition) is 0. The van der Waals surface area contributed by atoms with Crippen LogP contribution in [0.15, 0.2) is 23.8 Å². The topological polar surface area (TPSA) is 17.1 Å². The first-order valence-electron chi connectivity index (χ1n) is 4.28. The number of rotatable bonds is 3. The Balaban J connectivity index is 3.18. The van der Waals surface area contributed by atoms with Gasteiger partial charge in [-0.25, -0.2) is 0 Å². The van der Waals surface area contributed by atoms with Crippen LogP contribution in [0.5, 0.6) is 0 Å². The molecule has 0 heterocycles. The van der Waals surface area contributed by atoms with E-state index in [1.54, 1.807) is 24.3 Å². The van der Waals surface area contributed by atoms with Gasteiger partial charge in [0.15, 0.2) is 0 Å². The van der Waals surface area contributed by atoms with Gasteiger partial charge in [0.2, 0.25) is 0 Å². The molecule has 0 atom stereocenters. The highest BCUT2D eigenvalue weighted by Gasteiger charge is 2.03. The van der Waals surface area contributed by atoms with Crippen molar-refractivity contribution in [2.24, 2.45) is 0 Å². The molecule has 3 heteroatoms. The summed E-state index contributed by atoms with van der Waals surface area (Å²) in [4.78, 5) is 10.6. The molecule has 0 radical (unpaired) electrons. The van der Waals surface area contributed by atoms with Crippen LogP contribution in [0.1, 0.15) is 18.9 Å². The minimum absolute atomic E-state index is 0.560. The third-order valence-electron chi connectivity index (χ3n) is 1.89. The van der Waals surface area contributed by atoms with E-state index in [2.05, 4.69) is 0 Å². The molecule has 1 aromatic carbocycles. The van der Waals surface area contributed by atoms with Crippen molar-refractivity contribution in [2.45, 2.75) is 13.3 Å². The molecule has 0 bridgehead atoms. The number of aldehydes is 1. The van der Waals surface area contributed by atoms with Gasteiger partial charge >= 0.3 is 0 Å². The summed E-state index contributed by atoms with van der Waals surface area (Å²) in [6.45, 7) is 1.91. The van der Waals surface area contributed by atoms with E-state index in [-0.39, 0.29) is 0 Å². The van der Waals surface area contributed by atoms with Gasteiger partial charge in [-0.1, -0.05) is 36.2 Å². The number of allylic oxidation sites excluding steroid dienone is 1. The fourth-order valence-electron chi connectivity index (χ4n) is 1.05. The largest absolute Gasteiger partial charge is 0.298 e. The van der Waals surface area contributed by atoms with E-state index < -0.39 is 0 Å². The monoisotopic (exact) mass is 228 g/mol. The average molecular weight is 229 g/mol. The zero-order valence-electron chi connectivity index (χ0n) is 7.76. The Kier molecular flexibility index (Phi) is 4.18. The molecule has 0 spiro atoms. The Morgan fingerprint density at radius 2 is 1.93 bits per heavy atom. The first kappa shape index (κ1) is 11.3. The standard InChI is InChI=1S/C11H10Cl2O/c1-2-8(7-14)6-9-10(12)4-3-5-11(9)13/h3-7H,2H2,1H3/b8-6-. The zero-order valence-corrected chi connectivity index (χ0v) is 9.27. The first-order chi connectivity index (χ1) is 6.69. The highest BCUT2D eigenvalue weighted by molar-refractivity contribution is 6.37. The first-order valence-corrected chi connectivity index (χ1v) is 5.04. The number of halogens is 2. The van der Waals surface area contributed by atoms with Crippen LogP contribution in [0.4, 0.5) is 0 Å². The summed E-state index contributed by atoms with van der Waals surface area (Å²) in [5, 5.41) is 1.12. The number of carbonyl (C=O) groups is 1. The molecule has 0 unspecified atom stereocenters. The molecule has 14 heavy (non-hydrogen) atoms. The second kappa shape index (κ2) is 5.18. The molecule has 1 aromatic rings. The maximum atomic E-state index is 10.6. The van der Waals surface area contributed by atoms with Crippen molar-refractivity contribution in [2.75, 3.05) is 0 Å². The molecule has 0 aliphatic heterocycles. The van der Waals surface area contributed by atoms with Gasteiger partial charge in [0.1, 0.15) is 6.29 Å². The molecule has 74 valence electrons. The minimum Gasteiger partial charge on any atom is -0.298 e. The molecular weight excluding hydrogens is 219 g/mol. The van der Waals surface area contributed by atoms with Crippen molar-refractivity contribution in [1.82, 2.24) is 0 Å². The SMILES string of the molecule is CC/C(C=O)=C/c1c(Cl)cccc1Cl. The molecule has 0 aliphatic rings. The lowest BCUT2D eigenvalue weighted by Gasteiger charge is -2.02. The predicted molar refractivity (Wildman–Crippen MR) is 60.8 cm³/mol. The lowest BCUT2D eigenvalue weighted by molar-refractivity contribution is -0.104. The average Bonchev–Trinajstić information content (AvgIpc) is 2.18. The molecule has 0 aliphatic carbocycles. The number of carbonyl (C=O) groups excluding carboxylic acids is 1. The zero-order chi connectivity index (χ0) is 10.6. The summed E-state index contributed by atoms with van der Waals surface area (Å²) in [7, 11) is 0. The van der Waals surface area contributed by atoms with Gasteiger partial charge in [-0.2, -0.15) is 0 Å². The van der Waals surface area contributed by atoms with Crippen molar-refractivity contribution in [1.29, 1.82) is 0 Å². The molecule has 1 rings (SSSR count). The normalized spacial score (nSPS) is 11.5. The molecule has 0 saturated heterocycles. The van der Waals surface area contributed by atoms with Crippen LogP contribution in [0.25, 0.3) is 6.08 Å². The lowest BCUT2D eigenvalue weighted by Crippen LogP contribution is -1.84. The molecule has 0 saturated carbocycles. The van der Waals surface area contributed by atoms with Crippen LogP contribution < -0.4 is 0 Å². The van der Waals surface area contributed by atoms with Crippen LogP contribution in [0.3, 0.4) is 0 Å². The van der Waals surface area contributed by atoms with Crippen molar-refractivity contribution in [3.63, 3.8) is 0 Å². The Morgan fingerprint density at radius 3 is 2.36 bits per heavy atom. The highest BCUT2D eigenvalue weighted by Crippen LogP contribution is 2.26. The van der Waals surface area contributed by atoms with Gasteiger partial charge in [0.05, 0.1) is 0 Å². The van der Waals surface area contributed by atoms with E-state index >= 15 is 0 Å². The Bertz CT molecular complexity index is 349. The van der Waals surface area contributed by atoms with Gasteiger partial charge in [-0.15, -0.1) is 0 Å². The van der Waals surface area contributed by atoms with Crippen LogP contribution in [-0.2, 0) is 4.79 Å².